The molecule has 0 saturated heterocycles. The minimum absolute atomic E-state index is 0. The fraction of sp³-hybridized carbons (Fsp3) is 0.222. The van der Waals surface area contributed by atoms with E-state index in [0.29, 0.717) is 19.0 Å². The van der Waals surface area contributed by atoms with Gasteiger partial charge in [0, 0.05) is 48.5 Å². The molecule has 5 nitrogen and oxygen atoms in total. The Bertz CT molecular complexity index is 832. The monoisotopic (exact) mass is 453 g/mol. The van der Waals surface area contributed by atoms with E-state index in [9.17, 15) is 4.39 Å². The second kappa shape index (κ2) is 9.36. The lowest BCUT2D eigenvalue weighted by molar-refractivity contribution is 0.629. The number of aromatic nitrogens is 2. The highest BCUT2D eigenvalue weighted by Gasteiger charge is 2.04. The molecule has 4 N–H and O–H groups in total. The predicted octanol–water partition coefficient (Wildman–Crippen LogP) is 3.01. The molecule has 0 fully saturated rings. The van der Waals surface area contributed by atoms with Crippen molar-refractivity contribution in [1.29, 1.82) is 0 Å². The molecule has 0 aliphatic carbocycles. The van der Waals surface area contributed by atoms with Crippen molar-refractivity contribution in [2.75, 3.05) is 13.1 Å². The van der Waals surface area contributed by atoms with Gasteiger partial charge in [0.15, 0.2) is 5.96 Å². The minimum atomic E-state index is -0.238. The summed E-state index contributed by atoms with van der Waals surface area (Å²) in [4.78, 5) is 11.6. The normalized spacial score (nSPS) is 11.3. The van der Waals surface area contributed by atoms with Crippen molar-refractivity contribution in [3.63, 3.8) is 0 Å². The van der Waals surface area contributed by atoms with Crippen LogP contribution in [0.4, 0.5) is 4.39 Å². The topological polar surface area (TPSA) is 79.1 Å². The van der Waals surface area contributed by atoms with Crippen LogP contribution in [0.15, 0.2) is 53.8 Å². The van der Waals surface area contributed by atoms with Crippen LogP contribution in [0, 0.1) is 5.82 Å². The third kappa shape index (κ3) is 5.42. The van der Waals surface area contributed by atoms with Crippen LogP contribution < -0.4 is 11.1 Å². The lowest BCUT2D eigenvalue weighted by atomic mass is 10.1. The molecule has 0 aliphatic rings. The molecule has 3 rings (SSSR count). The number of pyridine rings is 1. The standard InChI is InChI=1S/C18H20FN5.HI/c19-14-4-5-16-13(12-24-17(16)11-14)6-9-22-18(20)23-10-7-15-3-1-2-8-21-15;/h1-5,8,11-12,24H,6-7,9-10H2,(H3,20,22,23);1H. The van der Waals surface area contributed by atoms with Gasteiger partial charge in [-0.05, 0) is 42.3 Å². The van der Waals surface area contributed by atoms with Gasteiger partial charge in [0.1, 0.15) is 5.82 Å². The Morgan fingerprint density at radius 3 is 2.92 bits per heavy atom. The Labute approximate surface area is 163 Å². The summed E-state index contributed by atoms with van der Waals surface area (Å²) in [7, 11) is 0. The van der Waals surface area contributed by atoms with Gasteiger partial charge < -0.3 is 16.0 Å². The van der Waals surface area contributed by atoms with E-state index >= 15 is 0 Å². The Morgan fingerprint density at radius 2 is 2.12 bits per heavy atom. The summed E-state index contributed by atoms with van der Waals surface area (Å²) in [5.41, 5.74) is 8.80. The molecule has 25 heavy (non-hydrogen) atoms. The molecule has 132 valence electrons. The van der Waals surface area contributed by atoms with Crippen LogP contribution in [0.1, 0.15) is 11.3 Å². The molecular weight excluding hydrogens is 432 g/mol. The van der Waals surface area contributed by atoms with Crippen molar-refractivity contribution in [2.24, 2.45) is 10.7 Å². The number of rotatable bonds is 6. The maximum Gasteiger partial charge on any atom is 0.188 e. The van der Waals surface area contributed by atoms with E-state index in [1.807, 2.05) is 24.4 Å². The molecule has 7 heteroatoms. The number of aromatic amines is 1. The first-order chi connectivity index (χ1) is 11.7. The molecule has 0 aliphatic heterocycles. The van der Waals surface area contributed by atoms with Crippen LogP contribution in [0.25, 0.3) is 10.9 Å². The maximum absolute atomic E-state index is 13.2. The number of aliphatic imine (C=N–C) groups is 1. The second-order valence-electron chi connectivity index (χ2n) is 5.52. The zero-order valence-electron chi connectivity index (χ0n) is 13.7. The van der Waals surface area contributed by atoms with Crippen molar-refractivity contribution < 1.29 is 4.39 Å². The van der Waals surface area contributed by atoms with Crippen LogP contribution in [-0.4, -0.2) is 29.0 Å². The second-order valence-corrected chi connectivity index (χ2v) is 5.52. The largest absolute Gasteiger partial charge is 0.370 e. The number of hydrogen-bond donors (Lipinski definition) is 3. The Hall–Kier alpha value is -2.16. The Kier molecular flexibility index (Phi) is 7.17. The highest BCUT2D eigenvalue weighted by Crippen LogP contribution is 2.19. The highest BCUT2D eigenvalue weighted by atomic mass is 127. The quantitative estimate of drug-likeness (QED) is 0.305. The smallest absolute Gasteiger partial charge is 0.188 e. The van der Waals surface area contributed by atoms with Crippen molar-refractivity contribution >= 4 is 40.8 Å². The number of benzene rings is 1. The van der Waals surface area contributed by atoms with Gasteiger partial charge in [0.05, 0.1) is 0 Å². The van der Waals surface area contributed by atoms with Crippen LogP contribution >= 0.6 is 24.0 Å². The predicted molar refractivity (Wildman–Crippen MR) is 110 cm³/mol. The highest BCUT2D eigenvalue weighted by molar-refractivity contribution is 14.0. The molecule has 2 aromatic heterocycles. The zero-order chi connectivity index (χ0) is 16.8. The van der Waals surface area contributed by atoms with E-state index in [1.54, 1.807) is 12.3 Å². The van der Waals surface area contributed by atoms with Gasteiger partial charge in [-0.25, -0.2) is 4.39 Å². The van der Waals surface area contributed by atoms with Crippen LogP contribution in [-0.2, 0) is 12.8 Å². The number of H-pyrrole nitrogens is 1. The average Bonchev–Trinajstić information content (AvgIpc) is 2.98. The minimum Gasteiger partial charge on any atom is -0.370 e. The molecule has 0 spiro atoms. The van der Waals surface area contributed by atoms with Crippen LogP contribution in [0.2, 0.25) is 0 Å². The summed E-state index contributed by atoms with van der Waals surface area (Å²) in [6.07, 6.45) is 5.22. The van der Waals surface area contributed by atoms with Crippen molar-refractivity contribution in [3.8, 4) is 0 Å². The van der Waals surface area contributed by atoms with Gasteiger partial charge in [-0.15, -0.1) is 24.0 Å². The van der Waals surface area contributed by atoms with E-state index in [-0.39, 0.29) is 29.8 Å². The summed E-state index contributed by atoms with van der Waals surface area (Å²) in [6.45, 7) is 1.27. The van der Waals surface area contributed by atoms with Gasteiger partial charge in [-0.2, -0.15) is 0 Å². The van der Waals surface area contributed by atoms with Crippen LogP contribution in [0.5, 0.6) is 0 Å². The SMILES string of the molecule is I.NC(=NCCc1ccccn1)NCCc1c[nH]c2cc(F)ccc12. The first-order valence-electron chi connectivity index (χ1n) is 7.91. The number of hydrogen-bond acceptors (Lipinski definition) is 2. The number of nitrogens with zero attached hydrogens (tertiary/aromatic N) is 2. The van der Waals surface area contributed by atoms with Gasteiger partial charge in [0.25, 0.3) is 0 Å². The van der Waals surface area contributed by atoms with Gasteiger partial charge in [-0.3, -0.25) is 9.98 Å². The number of halogens is 2. The third-order valence-corrected chi connectivity index (χ3v) is 3.81. The number of fused-ring (bicyclic) bond motifs is 1. The zero-order valence-corrected chi connectivity index (χ0v) is 16.0. The summed E-state index contributed by atoms with van der Waals surface area (Å²) in [6, 6.07) is 10.6. The summed E-state index contributed by atoms with van der Waals surface area (Å²) in [5, 5.41) is 4.13. The van der Waals surface area contributed by atoms with E-state index < -0.39 is 0 Å². The average molecular weight is 453 g/mol. The van der Waals surface area contributed by atoms with Gasteiger partial charge in [-0.1, -0.05) is 6.07 Å². The molecule has 1 aromatic carbocycles. The van der Waals surface area contributed by atoms with Crippen molar-refractivity contribution in [1.82, 2.24) is 15.3 Å². The fourth-order valence-corrected chi connectivity index (χ4v) is 2.58. The molecule has 0 radical (unpaired) electrons. The van der Waals surface area contributed by atoms with E-state index in [4.69, 9.17) is 5.73 Å². The van der Waals surface area contributed by atoms with Gasteiger partial charge >= 0.3 is 0 Å². The molecule has 0 atom stereocenters. The number of guanidine groups is 1. The molecule has 2 heterocycles. The van der Waals surface area contributed by atoms with Crippen molar-refractivity contribution in [3.05, 3.63) is 65.9 Å². The summed E-state index contributed by atoms with van der Waals surface area (Å²) < 4.78 is 13.2. The fourth-order valence-electron chi connectivity index (χ4n) is 2.58. The summed E-state index contributed by atoms with van der Waals surface area (Å²) in [5.74, 6) is 0.190. The molecule has 0 bridgehead atoms. The number of nitrogens with one attached hydrogen (secondary N) is 2. The molecular formula is C18H21FIN5. The van der Waals surface area contributed by atoms with Crippen molar-refractivity contribution in [2.45, 2.75) is 12.8 Å². The van der Waals surface area contributed by atoms with Gasteiger partial charge in [0.2, 0.25) is 0 Å². The summed E-state index contributed by atoms with van der Waals surface area (Å²) >= 11 is 0. The lowest BCUT2D eigenvalue weighted by Crippen LogP contribution is -2.33. The van der Waals surface area contributed by atoms with Crippen LogP contribution in [0.3, 0.4) is 0 Å². The Balaban J connectivity index is 0.00000225. The van der Waals surface area contributed by atoms with E-state index in [0.717, 1.165) is 35.0 Å². The molecule has 0 unspecified atom stereocenters. The van der Waals surface area contributed by atoms with E-state index in [1.165, 1.54) is 12.1 Å². The third-order valence-electron chi connectivity index (χ3n) is 3.81. The molecule has 0 amide bonds. The first kappa shape index (κ1) is 19.2. The first-order valence-corrected chi connectivity index (χ1v) is 7.91. The maximum atomic E-state index is 13.2. The number of nitrogens with two attached hydrogens (primary N) is 1. The molecule has 0 saturated carbocycles. The molecule has 3 aromatic rings. The Morgan fingerprint density at radius 1 is 1.24 bits per heavy atom. The lowest BCUT2D eigenvalue weighted by Gasteiger charge is -2.05. The van der Waals surface area contributed by atoms with E-state index in [2.05, 4.69) is 20.3 Å².